The van der Waals surface area contributed by atoms with E-state index in [9.17, 15) is 0 Å². The molecule has 2 heterocycles. The van der Waals surface area contributed by atoms with Crippen LogP contribution in [-0.4, -0.2) is 19.6 Å². The molecule has 0 aromatic rings. The van der Waals surface area contributed by atoms with Crippen molar-refractivity contribution in [3.63, 3.8) is 0 Å². The largest absolute Gasteiger partial charge is 0.391 e. The molecular formula is C7H12N2. The number of nitrogens with one attached hydrogen (secondary N) is 2. The van der Waals surface area contributed by atoms with Crippen molar-refractivity contribution in [3.8, 4) is 0 Å². The summed E-state index contributed by atoms with van der Waals surface area (Å²) in [5.41, 5.74) is 1.57. The number of rotatable bonds is 0. The second kappa shape index (κ2) is 2.03. The molecule has 0 radical (unpaired) electrons. The molecule has 1 atom stereocenters. The zero-order chi connectivity index (χ0) is 6.10. The lowest BCUT2D eigenvalue weighted by Gasteiger charge is -2.16. The first-order chi connectivity index (χ1) is 4.47. The van der Waals surface area contributed by atoms with Crippen molar-refractivity contribution < 1.29 is 0 Å². The van der Waals surface area contributed by atoms with E-state index in [0.29, 0.717) is 0 Å². The minimum atomic E-state index is 0.853. The summed E-state index contributed by atoms with van der Waals surface area (Å²) in [4.78, 5) is 0. The van der Waals surface area contributed by atoms with Gasteiger partial charge in [0.1, 0.15) is 0 Å². The Balaban J connectivity index is 2.16. The molecular weight excluding hydrogens is 112 g/mol. The maximum atomic E-state index is 3.36. The highest BCUT2D eigenvalue weighted by molar-refractivity contribution is 5.15. The maximum Gasteiger partial charge on any atom is 0.0185 e. The summed E-state index contributed by atoms with van der Waals surface area (Å²) >= 11 is 0. The molecule has 2 rings (SSSR count). The van der Waals surface area contributed by atoms with Gasteiger partial charge in [-0.2, -0.15) is 0 Å². The molecule has 2 heteroatoms. The van der Waals surface area contributed by atoms with Gasteiger partial charge >= 0.3 is 0 Å². The fourth-order valence-corrected chi connectivity index (χ4v) is 1.58. The van der Waals surface area contributed by atoms with E-state index in [-0.39, 0.29) is 0 Å². The highest BCUT2D eigenvalue weighted by Gasteiger charge is 2.21. The Hall–Kier alpha value is -0.500. The van der Waals surface area contributed by atoms with E-state index in [4.69, 9.17) is 0 Å². The maximum absolute atomic E-state index is 3.36. The summed E-state index contributed by atoms with van der Waals surface area (Å²) in [6.07, 6.45) is 3.49. The SMILES string of the molecule is C1=C2CNCC2CCN1. The fourth-order valence-electron chi connectivity index (χ4n) is 1.58. The third kappa shape index (κ3) is 0.833. The van der Waals surface area contributed by atoms with Gasteiger partial charge in [0.15, 0.2) is 0 Å². The van der Waals surface area contributed by atoms with Gasteiger partial charge in [0.25, 0.3) is 0 Å². The molecule has 0 spiro atoms. The second-order valence-corrected chi connectivity index (χ2v) is 2.79. The molecule has 1 unspecified atom stereocenters. The van der Waals surface area contributed by atoms with Crippen molar-refractivity contribution in [2.45, 2.75) is 6.42 Å². The van der Waals surface area contributed by atoms with Crippen LogP contribution in [0.15, 0.2) is 11.8 Å². The van der Waals surface area contributed by atoms with Crippen LogP contribution in [0.4, 0.5) is 0 Å². The molecule has 0 aromatic carbocycles. The highest BCUT2D eigenvalue weighted by Crippen LogP contribution is 2.20. The Morgan fingerprint density at radius 3 is 3.44 bits per heavy atom. The van der Waals surface area contributed by atoms with Crippen LogP contribution >= 0.6 is 0 Å². The summed E-state index contributed by atoms with van der Waals surface area (Å²) in [6, 6.07) is 0. The third-order valence-electron chi connectivity index (χ3n) is 2.17. The zero-order valence-electron chi connectivity index (χ0n) is 5.48. The zero-order valence-corrected chi connectivity index (χ0v) is 5.48. The molecule has 0 amide bonds. The standard InChI is InChI=1S/C7H12N2/c1-2-8-4-7-5-9-3-6(1)7/h4,6,8-9H,1-3,5H2. The quantitative estimate of drug-likeness (QED) is 0.478. The molecule has 0 aliphatic carbocycles. The summed E-state index contributed by atoms with van der Waals surface area (Å²) in [5, 5.41) is 6.61. The Labute approximate surface area is 55.3 Å². The van der Waals surface area contributed by atoms with Crippen LogP contribution < -0.4 is 10.6 Å². The van der Waals surface area contributed by atoms with E-state index in [1.165, 1.54) is 13.0 Å². The Kier molecular flexibility index (Phi) is 1.19. The van der Waals surface area contributed by atoms with Gasteiger partial charge in [0.2, 0.25) is 0 Å². The van der Waals surface area contributed by atoms with Crippen LogP contribution in [0.25, 0.3) is 0 Å². The smallest absolute Gasteiger partial charge is 0.0185 e. The average Bonchev–Trinajstić information content (AvgIpc) is 2.33. The van der Waals surface area contributed by atoms with Gasteiger partial charge in [0, 0.05) is 19.6 Å². The lowest BCUT2D eigenvalue weighted by atomic mass is 9.98. The first-order valence-electron chi connectivity index (χ1n) is 3.60. The normalized spacial score (nSPS) is 32.9. The number of hydrogen-bond acceptors (Lipinski definition) is 2. The molecule has 9 heavy (non-hydrogen) atoms. The molecule has 1 saturated heterocycles. The van der Waals surface area contributed by atoms with Crippen LogP contribution in [0.2, 0.25) is 0 Å². The van der Waals surface area contributed by atoms with Gasteiger partial charge < -0.3 is 10.6 Å². The van der Waals surface area contributed by atoms with E-state index >= 15 is 0 Å². The molecule has 0 aromatic heterocycles. The van der Waals surface area contributed by atoms with E-state index < -0.39 is 0 Å². The van der Waals surface area contributed by atoms with E-state index in [1.807, 2.05) is 0 Å². The van der Waals surface area contributed by atoms with E-state index in [0.717, 1.165) is 19.0 Å². The molecule has 1 fully saturated rings. The first-order valence-corrected chi connectivity index (χ1v) is 3.60. The minimum absolute atomic E-state index is 0.853. The Bertz CT molecular complexity index is 140. The van der Waals surface area contributed by atoms with Crippen molar-refractivity contribution in [1.29, 1.82) is 0 Å². The third-order valence-corrected chi connectivity index (χ3v) is 2.17. The molecule has 2 aliphatic heterocycles. The minimum Gasteiger partial charge on any atom is -0.391 e. The monoisotopic (exact) mass is 124 g/mol. The summed E-state index contributed by atoms with van der Waals surface area (Å²) in [6.45, 7) is 3.47. The highest BCUT2D eigenvalue weighted by atomic mass is 14.9. The number of hydrogen-bond donors (Lipinski definition) is 2. The Morgan fingerprint density at radius 2 is 2.56 bits per heavy atom. The van der Waals surface area contributed by atoms with Crippen molar-refractivity contribution in [3.05, 3.63) is 11.8 Å². The Morgan fingerprint density at radius 1 is 1.56 bits per heavy atom. The van der Waals surface area contributed by atoms with E-state index in [1.54, 1.807) is 5.57 Å². The predicted molar refractivity (Wildman–Crippen MR) is 37.1 cm³/mol. The molecule has 2 nitrogen and oxygen atoms in total. The van der Waals surface area contributed by atoms with Gasteiger partial charge in [-0.15, -0.1) is 0 Å². The lowest BCUT2D eigenvalue weighted by molar-refractivity contribution is 0.552. The van der Waals surface area contributed by atoms with Crippen LogP contribution in [0, 0.1) is 5.92 Å². The van der Waals surface area contributed by atoms with Crippen LogP contribution in [0.1, 0.15) is 6.42 Å². The number of fused-ring (bicyclic) bond motifs is 1. The summed E-state index contributed by atoms with van der Waals surface area (Å²) < 4.78 is 0. The summed E-state index contributed by atoms with van der Waals surface area (Å²) in [7, 11) is 0. The molecule has 50 valence electrons. The fraction of sp³-hybridized carbons (Fsp3) is 0.714. The first kappa shape index (κ1) is 5.30. The molecule has 0 bridgehead atoms. The van der Waals surface area contributed by atoms with Crippen molar-refractivity contribution >= 4 is 0 Å². The average molecular weight is 124 g/mol. The van der Waals surface area contributed by atoms with Gasteiger partial charge in [0.05, 0.1) is 0 Å². The topological polar surface area (TPSA) is 24.1 Å². The lowest BCUT2D eigenvalue weighted by Crippen LogP contribution is -2.20. The molecule has 2 N–H and O–H groups in total. The molecule has 2 aliphatic rings. The molecule has 0 saturated carbocycles. The van der Waals surface area contributed by atoms with Gasteiger partial charge in [-0.25, -0.2) is 0 Å². The van der Waals surface area contributed by atoms with Crippen molar-refractivity contribution in [1.82, 2.24) is 10.6 Å². The predicted octanol–water partition coefficient (Wildman–Crippen LogP) is 0.0830. The van der Waals surface area contributed by atoms with Crippen LogP contribution in [0.5, 0.6) is 0 Å². The van der Waals surface area contributed by atoms with Gasteiger partial charge in [-0.3, -0.25) is 0 Å². The second-order valence-electron chi connectivity index (χ2n) is 2.79. The van der Waals surface area contributed by atoms with Crippen molar-refractivity contribution in [2.24, 2.45) is 5.92 Å². The van der Waals surface area contributed by atoms with Gasteiger partial charge in [-0.05, 0) is 24.1 Å². The van der Waals surface area contributed by atoms with E-state index in [2.05, 4.69) is 16.8 Å². The van der Waals surface area contributed by atoms with Crippen molar-refractivity contribution in [2.75, 3.05) is 19.6 Å². The summed E-state index contributed by atoms with van der Waals surface area (Å²) in [5.74, 6) is 0.853. The van der Waals surface area contributed by atoms with Gasteiger partial charge in [-0.1, -0.05) is 0 Å². The van der Waals surface area contributed by atoms with Crippen LogP contribution in [-0.2, 0) is 0 Å². The van der Waals surface area contributed by atoms with Crippen LogP contribution in [0.3, 0.4) is 0 Å².